The number of anilines is 1. The Balaban J connectivity index is 1.74. The number of rotatable bonds is 10. The molecule has 202 valence electrons. The molecule has 1 N–H and O–H groups in total. The molecule has 1 atom stereocenters. The summed E-state index contributed by atoms with van der Waals surface area (Å²) in [6, 6.07) is 11.3. The molecular weight excluding hydrogens is 518 g/mol. The third-order valence-corrected chi connectivity index (χ3v) is 7.13. The molecule has 2 aromatic rings. The Labute approximate surface area is 223 Å². The highest BCUT2D eigenvalue weighted by atomic mass is 35.5. The number of halogens is 1. The maximum atomic E-state index is 13.4. The number of nitrogens with one attached hydrogen (secondary N) is 1. The van der Waals surface area contributed by atoms with E-state index in [2.05, 4.69) is 5.32 Å². The third-order valence-electron chi connectivity index (χ3n) is 5.70. The second kappa shape index (κ2) is 11.6. The molecule has 1 heterocycles. The van der Waals surface area contributed by atoms with Gasteiger partial charge in [0, 0.05) is 36.1 Å². The average Bonchev–Trinajstić information content (AvgIpc) is 3.25. The van der Waals surface area contributed by atoms with Gasteiger partial charge in [0.05, 0.1) is 11.9 Å². The van der Waals surface area contributed by atoms with Crippen molar-refractivity contribution >= 4 is 39.1 Å². The summed E-state index contributed by atoms with van der Waals surface area (Å²) in [6.07, 6.45) is 1.41. The number of hydrogen-bond donors (Lipinski definition) is 1. The van der Waals surface area contributed by atoms with E-state index in [0.717, 1.165) is 11.8 Å². The predicted molar refractivity (Wildman–Crippen MR) is 143 cm³/mol. The number of nitrogens with zero attached hydrogens (tertiary/aromatic N) is 2. The molecule has 2 amide bonds. The molecular formula is C26H34ClN3O6S. The van der Waals surface area contributed by atoms with Crippen LogP contribution in [0.4, 0.5) is 5.69 Å². The highest BCUT2D eigenvalue weighted by Crippen LogP contribution is 2.36. The van der Waals surface area contributed by atoms with Gasteiger partial charge in [-0.25, -0.2) is 8.42 Å². The number of fused-ring (bicyclic) bond motifs is 1. The van der Waals surface area contributed by atoms with Crippen LogP contribution in [-0.4, -0.2) is 56.3 Å². The molecule has 0 aliphatic carbocycles. The summed E-state index contributed by atoms with van der Waals surface area (Å²) >= 11 is 6.13. The molecule has 0 bridgehead atoms. The molecule has 1 aliphatic rings. The molecule has 0 radical (unpaired) electrons. The van der Waals surface area contributed by atoms with Gasteiger partial charge >= 0.3 is 0 Å². The summed E-state index contributed by atoms with van der Waals surface area (Å²) in [7, 11) is -3.62. The summed E-state index contributed by atoms with van der Waals surface area (Å²) in [5.41, 5.74) is 0.749. The van der Waals surface area contributed by atoms with Gasteiger partial charge in [-0.2, -0.15) is 0 Å². The fraction of sp³-hybridized carbons (Fsp3) is 0.462. The van der Waals surface area contributed by atoms with Crippen LogP contribution >= 0.6 is 11.6 Å². The molecule has 9 nitrogen and oxygen atoms in total. The van der Waals surface area contributed by atoms with E-state index < -0.39 is 21.6 Å². The number of carbonyl (C=O) groups is 2. The predicted octanol–water partition coefficient (Wildman–Crippen LogP) is 3.95. The second-order valence-electron chi connectivity index (χ2n) is 10.0. The van der Waals surface area contributed by atoms with Crippen LogP contribution in [0.2, 0.25) is 5.02 Å². The van der Waals surface area contributed by atoms with E-state index in [4.69, 9.17) is 21.1 Å². The molecule has 0 saturated carbocycles. The minimum atomic E-state index is -3.62. The zero-order valence-electron chi connectivity index (χ0n) is 21.8. The Morgan fingerprint density at radius 1 is 1.11 bits per heavy atom. The van der Waals surface area contributed by atoms with Gasteiger partial charge in [-0.15, -0.1) is 0 Å². The van der Waals surface area contributed by atoms with Crippen molar-refractivity contribution in [3.63, 3.8) is 0 Å². The summed E-state index contributed by atoms with van der Waals surface area (Å²) < 4.78 is 37.0. The first-order chi connectivity index (χ1) is 17.2. The van der Waals surface area contributed by atoms with Crippen LogP contribution < -0.4 is 19.1 Å². The first-order valence-electron chi connectivity index (χ1n) is 12.0. The van der Waals surface area contributed by atoms with Crippen molar-refractivity contribution in [1.29, 1.82) is 0 Å². The molecule has 11 heteroatoms. The van der Waals surface area contributed by atoms with Gasteiger partial charge in [0.1, 0.15) is 6.04 Å². The first kappa shape index (κ1) is 28.6. The van der Waals surface area contributed by atoms with Crippen LogP contribution in [0, 0.1) is 0 Å². The number of carbonyl (C=O) groups excluding carboxylic acids is 2. The van der Waals surface area contributed by atoms with Gasteiger partial charge in [-0.1, -0.05) is 23.7 Å². The highest BCUT2D eigenvalue weighted by Gasteiger charge is 2.29. The minimum Gasteiger partial charge on any atom is -0.454 e. The fourth-order valence-electron chi connectivity index (χ4n) is 3.93. The van der Waals surface area contributed by atoms with Crippen LogP contribution in [0.15, 0.2) is 42.5 Å². The lowest BCUT2D eigenvalue weighted by Gasteiger charge is -2.32. The number of amides is 2. The van der Waals surface area contributed by atoms with Crippen molar-refractivity contribution in [3.05, 3.63) is 53.1 Å². The second-order valence-corrected chi connectivity index (χ2v) is 12.4. The lowest BCUT2D eigenvalue weighted by molar-refractivity contribution is -0.141. The Kier molecular flexibility index (Phi) is 8.96. The van der Waals surface area contributed by atoms with Gasteiger partial charge in [-0.3, -0.25) is 13.9 Å². The SMILES string of the molecule is C[C@H](C(=O)NC(C)(C)C)N(Cc1cccc(Cl)c1)C(=O)CCCN(c1ccc2c(c1)OCO2)S(C)(=O)=O. The smallest absolute Gasteiger partial charge is 0.242 e. The van der Waals surface area contributed by atoms with E-state index in [0.29, 0.717) is 22.2 Å². The maximum Gasteiger partial charge on any atom is 0.242 e. The standard InChI is InChI=1S/C26H34ClN3O6S/c1-18(25(32)28-26(2,3)4)29(16-19-8-6-9-20(27)14-19)24(31)10-7-13-30(37(5,33)34)21-11-12-22-23(15-21)36-17-35-22/h6,8-9,11-12,14-15,18H,7,10,13,16-17H2,1-5H3,(H,28,32)/t18-/m1/s1. The molecule has 3 rings (SSSR count). The normalized spacial score (nSPS) is 13.7. The fourth-order valence-corrected chi connectivity index (χ4v) is 5.10. The number of benzene rings is 2. The number of ether oxygens (including phenoxy) is 2. The van der Waals surface area contributed by atoms with Crippen molar-refractivity contribution in [2.45, 2.75) is 58.7 Å². The zero-order chi connectivity index (χ0) is 27.4. The minimum absolute atomic E-state index is 0.0459. The number of sulfonamides is 1. The van der Waals surface area contributed by atoms with E-state index >= 15 is 0 Å². The van der Waals surface area contributed by atoms with Crippen LogP contribution in [0.3, 0.4) is 0 Å². The van der Waals surface area contributed by atoms with Crippen LogP contribution in [0.25, 0.3) is 0 Å². The maximum absolute atomic E-state index is 13.4. The van der Waals surface area contributed by atoms with Crippen molar-refractivity contribution in [2.75, 3.05) is 23.9 Å². The van der Waals surface area contributed by atoms with Gasteiger partial charge in [0.15, 0.2) is 11.5 Å². The summed E-state index contributed by atoms with van der Waals surface area (Å²) in [6.45, 7) is 7.65. The Hall–Kier alpha value is -2.98. The Morgan fingerprint density at radius 3 is 2.46 bits per heavy atom. The van der Waals surface area contributed by atoms with E-state index in [9.17, 15) is 18.0 Å². The van der Waals surface area contributed by atoms with Crippen LogP contribution in [0.1, 0.15) is 46.1 Å². The van der Waals surface area contributed by atoms with Crippen molar-refractivity contribution in [1.82, 2.24) is 10.2 Å². The molecule has 37 heavy (non-hydrogen) atoms. The molecule has 2 aromatic carbocycles. The highest BCUT2D eigenvalue weighted by molar-refractivity contribution is 7.92. The van der Waals surface area contributed by atoms with E-state index in [1.165, 1.54) is 9.21 Å². The molecule has 0 spiro atoms. The molecule has 0 unspecified atom stereocenters. The van der Waals surface area contributed by atoms with Gasteiger partial charge in [0.25, 0.3) is 0 Å². The summed E-state index contributed by atoms with van der Waals surface area (Å²) in [5.74, 6) is 0.469. The van der Waals surface area contributed by atoms with Crippen LogP contribution in [-0.2, 0) is 26.2 Å². The monoisotopic (exact) mass is 551 g/mol. The first-order valence-corrected chi connectivity index (χ1v) is 14.2. The molecule has 0 aromatic heterocycles. The van der Waals surface area contributed by atoms with Crippen molar-refractivity contribution in [2.24, 2.45) is 0 Å². The zero-order valence-corrected chi connectivity index (χ0v) is 23.4. The largest absolute Gasteiger partial charge is 0.454 e. The lowest BCUT2D eigenvalue weighted by atomic mass is 10.1. The molecule has 0 fully saturated rings. The van der Waals surface area contributed by atoms with E-state index in [-0.39, 0.29) is 44.5 Å². The quantitative estimate of drug-likeness (QED) is 0.479. The van der Waals surface area contributed by atoms with Crippen LogP contribution in [0.5, 0.6) is 11.5 Å². The van der Waals surface area contributed by atoms with Gasteiger partial charge in [-0.05, 0) is 63.9 Å². The van der Waals surface area contributed by atoms with Gasteiger partial charge in [0.2, 0.25) is 28.6 Å². The summed E-state index contributed by atoms with van der Waals surface area (Å²) in [4.78, 5) is 27.8. The van der Waals surface area contributed by atoms with Crippen molar-refractivity contribution < 1.29 is 27.5 Å². The average molecular weight is 552 g/mol. The number of hydrogen-bond acceptors (Lipinski definition) is 6. The molecule has 1 aliphatic heterocycles. The third kappa shape index (κ3) is 8.00. The lowest BCUT2D eigenvalue weighted by Crippen LogP contribution is -2.52. The van der Waals surface area contributed by atoms with E-state index in [1.807, 2.05) is 26.8 Å². The topological polar surface area (TPSA) is 105 Å². The summed E-state index contributed by atoms with van der Waals surface area (Å²) in [5, 5.41) is 3.45. The Bertz CT molecular complexity index is 1250. The van der Waals surface area contributed by atoms with Crippen molar-refractivity contribution in [3.8, 4) is 11.5 Å². The van der Waals surface area contributed by atoms with Gasteiger partial charge < -0.3 is 19.7 Å². The molecule has 0 saturated heterocycles. The van der Waals surface area contributed by atoms with E-state index in [1.54, 1.807) is 43.3 Å². The Morgan fingerprint density at radius 2 is 1.81 bits per heavy atom.